The molecule has 7 nitrogen and oxygen atoms in total. The van der Waals surface area contributed by atoms with Crippen LogP contribution in [-0.4, -0.2) is 24.1 Å². The van der Waals surface area contributed by atoms with Crippen molar-refractivity contribution in [3.05, 3.63) is 63.5 Å². The van der Waals surface area contributed by atoms with Crippen LogP contribution in [0.2, 0.25) is 10.0 Å². The van der Waals surface area contributed by atoms with Gasteiger partial charge in [-0.3, -0.25) is 4.79 Å². The zero-order chi connectivity index (χ0) is 25.1. The Morgan fingerprint density at radius 2 is 1.94 bits per heavy atom. The molecule has 1 atom stereocenters. The van der Waals surface area contributed by atoms with Crippen molar-refractivity contribution in [3.63, 3.8) is 0 Å². The summed E-state index contributed by atoms with van der Waals surface area (Å²) in [5.41, 5.74) is 6.97. The Hall–Kier alpha value is -2.88. The summed E-state index contributed by atoms with van der Waals surface area (Å²) in [6, 6.07) is 8.72. The minimum absolute atomic E-state index is 0.00784. The molecule has 1 aliphatic carbocycles. The van der Waals surface area contributed by atoms with E-state index in [1.54, 1.807) is 25.1 Å². The molecule has 2 aromatic carbocycles. The maximum absolute atomic E-state index is 12.9. The van der Waals surface area contributed by atoms with Crippen LogP contribution in [0.25, 0.3) is 11.5 Å². The van der Waals surface area contributed by atoms with Crippen molar-refractivity contribution in [2.24, 2.45) is 11.7 Å². The average Bonchev–Trinajstić information content (AvgIpc) is 3.52. The Bertz CT molecular complexity index is 1200. The Labute approximate surface area is 210 Å². The van der Waals surface area contributed by atoms with Gasteiger partial charge in [0.05, 0.1) is 12.6 Å². The lowest BCUT2D eigenvalue weighted by Gasteiger charge is -2.12. The van der Waals surface area contributed by atoms with Gasteiger partial charge in [0.25, 0.3) is 5.91 Å². The Morgan fingerprint density at radius 1 is 1.23 bits per heavy atom. The molecule has 3 aromatic rings. The van der Waals surface area contributed by atoms with Gasteiger partial charge in [-0.25, -0.2) is 4.98 Å². The zero-order valence-corrected chi connectivity index (χ0v) is 20.2. The summed E-state index contributed by atoms with van der Waals surface area (Å²) in [5, 5.41) is 3.55. The van der Waals surface area contributed by atoms with Crippen LogP contribution in [0.15, 0.2) is 40.8 Å². The lowest BCUT2D eigenvalue weighted by molar-refractivity contribution is -0.0515. The van der Waals surface area contributed by atoms with E-state index >= 15 is 0 Å². The number of amides is 1. The summed E-state index contributed by atoms with van der Waals surface area (Å²) in [7, 11) is 0. The summed E-state index contributed by atoms with van der Waals surface area (Å²) in [6.07, 6.45) is 2.06. The summed E-state index contributed by atoms with van der Waals surface area (Å²) >= 11 is 12.3. The lowest BCUT2D eigenvalue weighted by Crippen LogP contribution is -2.25. The Kier molecular flexibility index (Phi) is 7.78. The molecule has 1 saturated carbocycles. The third kappa shape index (κ3) is 6.22. The van der Waals surface area contributed by atoms with Gasteiger partial charge >= 0.3 is 6.61 Å². The van der Waals surface area contributed by atoms with Gasteiger partial charge in [0, 0.05) is 27.7 Å². The fourth-order valence-electron chi connectivity index (χ4n) is 3.32. The van der Waals surface area contributed by atoms with Crippen molar-refractivity contribution >= 4 is 29.1 Å². The number of carbonyl (C=O) groups is 1. The number of hydrogen-bond acceptors (Lipinski definition) is 6. The number of aromatic nitrogens is 1. The first-order valence-electron chi connectivity index (χ1n) is 10.9. The molecule has 11 heteroatoms. The smallest absolute Gasteiger partial charge is 0.387 e. The van der Waals surface area contributed by atoms with E-state index in [9.17, 15) is 13.6 Å². The van der Waals surface area contributed by atoms with E-state index in [0.717, 1.165) is 12.8 Å². The second-order valence-electron chi connectivity index (χ2n) is 8.20. The third-order valence-corrected chi connectivity index (χ3v) is 6.06. The highest BCUT2D eigenvalue weighted by Crippen LogP contribution is 2.37. The van der Waals surface area contributed by atoms with Crippen LogP contribution in [0, 0.1) is 5.92 Å². The molecular weight excluding hydrogens is 503 g/mol. The van der Waals surface area contributed by atoms with E-state index in [2.05, 4.69) is 15.0 Å². The van der Waals surface area contributed by atoms with Gasteiger partial charge in [0.15, 0.2) is 23.0 Å². The number of nitrogens with two attached hydrogens (primary N) is 1. The van der Waals surface area contributed by atoms with Gasteiger partial charge < -0.3 is 24.9 Å². The number of hydrogen-bond donors (Lipinski definition) is 2. The highest BCUT2D eigenvalue weighted by atomic mass is 35.5. The topological polar surface area (TPSA) is 99.6 Å². The highest BCUT2D eigenvalue weighted by molar-refractivity contribution is 6.36. The molecule has 35 heavy (non-hydrogen) atoms. The summed E-state index contributed by atoms with van der Waals surface area (Å²) in [6.45, 7) is -0.901. The normalized spacial score (nSPS) is 14.1. The van der Waals surface area contributed by atoms with Gasteiger partial charge in [-0.15, -0.1) is 0 Å². The molecule has 4 rings (SSSR count). The standard InChI is InChI=1S/C24H23Cl2F2N3O4/c1-12(29)21-20(22(32)30-10-15-16(25)3-2-4-17(15)26)31-23(35-21)14-7-8-18(34-24(27)28)19(9-14)33-11-13-5-6-13/h2-4,7-9,12-13,24H,5-6,10-11,29H2,1H3,(H,30,32). The molecule has 186 valence electrons. The predicted octanol–water partition coefficient (Wildman–Crippen LogP) is 5.99. The van der Waals surface area contributed by atoms with Crippen LogP contribution in [-0.2, 0) is 6.54 Å². The maximum atomic E-state index is 12.9. The quantitative estimate of drug-likeness (QED) is 0.337. The van der Waals surface area contributed by atoms with Crippen LogP contribution in [0.4, 0.5) is 8.78 Å². The molecule has 0 bridgehead atoms. The molecule has 3 N–H and O–H groups in total. The van der Waals surface area contributed by atoms with Gasteiger partial charge in [0.2, 0.25) is 5.89 Å². The van der Waals surface area contributed by atoms with E-state index in [-0.39, 0.29) is 35.4 Å². The zero-order valence-electron chi connectivity index (χ0n) is 18.7. The fraction of sp³-hybridized carbons (Fsp3) is 0.333. The molecular formula is C24H23Cl2F2N3O4. The summed E-state index contributed by atoms with van der Waals surface area (Å²) in [4.78, 5) is 17.3. The van der Waals surface area contributed by atoms with Crippen LogP contribution in [0.5, 0.6) is 11.5 Å². The number of benzene rings is 2. The molecule has 0 aliphatic heterocycles. The van der Waals surface area contributed by atoms with E-state index in [1.807, 2.05) is 0 Å². The van der Waals surface area contributed by atoms with Gasteiger partial charge in [0.1, 0.15) is 0 Å². The lowest BCUT2D eigenvalue weighted by atomic mass is 10.2. The van der Waals surface area contributed by atoms with Crippen molar-refractivity contribution in [1.82, 2.24) is 10.3 Å². The SMILES string of the molecule is CC(N)c1oc(-c2ccc(OC(F)F)c(OCC3CC3)c2)nc1C(=O)NCc1c(Cl)cccc1Cl. The van der Waals surface area contributed by atoms with Crippen LogP contribution < -0.4 is 20.5 Å². The molecule has 1 aliphatic rings. The number of carbonyl (C=O) groups excluding carboxylic acids is 1. The molecule has 1 unspecified atom stereocenters. The molecule has 1 amide bonds. The molecule has 1 heterocycles. The largest absolute Gasteiger partial charge is 0.489 e. The van der Waals surface area contributed by atoms with Crippen molar-refractivity contribution in [1.29, 1.82) is 0 Å². The molecule has 0 spiro atoms. The van der Waals surface area contributed by atoms with E-state index in [0.29, 0.717) is 33.7 Å². The molecule has 0 radical (unpaired) electrons. The third-order valence-electron chi connectivity index (χ3n) is 5.35. The van der Waals surface area contributed by atoms with Crippen molar-refractivity contribution in [3.8, 4) is 23.0 Å². The Morgan fingerprint density at radius 3 is 2.57 bits per heavy atom. The number of nitrogens with zero attached hydrogens (tertiary/aromatic N) is 1. The van der Waals surface area contributed by atoms with Crippen molar-refractivity contribution < 1.29 is 27.5 Å². The second-order valence-corrected chi connectivity index (χ2v) is 9.01. The van der Waals surface area contributed by atoms with Crippen LogP contribution in [0.3, 0.4) is 0 Å². The Balaban J connectivity index is 1.59. The number of rotatable bonds is 10. The number of alkyl halides is 2. The molecule has 1 fully saturated rings. The summed E-state index contributed by atoms with van der Waals surface area (Å²) in [5.74, 6) is 0.138. The van der Waals surface area contributed by atoms with Crippen LogP contribution >= 0.6 is 23.2 Å². The van der Waals surface area contributed by atoms with Crippen LogP contribution in [0.1, 0.15) is 47.6 Å². The molecule has 0 saturated heterocycles. The predicted molar refractivity (Wildman–Crippen MR) is 127 cm³/mol. The monoisotopic (exact) mass is 525 g/mol. The fourth-order valence-corrected chi connectivity index (χ4v) is 3.85. The number of nitrogens with one attached hydrogen (secondary N) is 1. The summed E-state index contributed by atoms with van der Waals surface area (Å²) < 4.78 is 41.7. The van der Waals surface area contributed by atoms with Crippen molar-refractivity contribution in [2.75, 3.05) is 6.61 Å². The first kappa shape index (κ1) is 25.2. The number of ether oxygens (including phenoxy) is 2. The minimum Gasteiger partial charge on any atom is -0.489 e. The van der Waals surface area contributed by atoms with Gasteiger partial charge in [-0.1, -0.05) is 29.3 Å². The van der Waals surface area contributed by atoms with Crippen molar-refractivity contribution in [2.45, 2.75) is 39.0 Å². The number of halogens is 4. The minimum atomic E-state index is -3.00. The highest BCUT2D eigenvalue weighted by Gasteiger charge is 2.26. The van der Waals surface area contributed by atoms with E-state index in [1.165, 1.54) is 18.2 Å². The number of oxazole rings is 1. The second kappa shape index (κ2) is 10.8. The van der Waals surface area contributed by atoms with E-state index in [4.69, 9.17) is 38.1 Å². The maximum Gasteiger partial charge on any atom is 0.387 e. The van der Waals surface area contributed by atoms with Gasteiger partial charge in [-0.05, 0) is 56.0 Å². The van der Waals surface area contributed by atoms with Gasteiger partial charge in [-0.2, -0.15) is 8.78 Å². The first-order valence-corrected chi connectivity index (χ1v) is 11.7. The van der Waals surface area contributed by atoms with E-state index < -0.39 is 18.6 Å². The molecule has 1 aromatic heterocycles. The average molecular weight is 526 g/mol. The first-order chi connectivity index (χ1) is 16.7.